The zero-order valence-electron chi connectivity index (χ0n) is 9.84. The first-order chi connectivity index (χ1) is 8.02. The van der Waals surface area contributed by atoms with Crippen LogP contribution in [0, 0.1) is 6.92 Å². The number of aliphatic carboxylic acids is 1. The number of carboxylic acids is 1. The topological polar surface area (TPSA) is 76.0 Å². The van der Waals surface area contributed by atoms with Crippen molar-refractivity contribution in [2.24, 2.45) is 0 Å². The molecule has 5 nitrogen and oxygen atoms in total. The van der Waals surface area contributed by atoms with Crippen molar-refractivity contribution >= 4 is 5.97 Å². The van der Waals surface area contributed by atoms with E-state index in [1.165, 1.54) is 7.11 Å². The van der Waals surface area contributed by atoms with Gasteiger partial charge in [0, 0.05) is 0 Å². The maximum Gasteiger partial charge on any atom is 0.306 e. The van der Waals surface area contributed by atoms with Crippen LogP contribution in [-0.2, 0) is 4.79 Å². The summed E-state index contributed by atoms with van der Waals surface area (Å²) in [4.78, 5) is 10.3. The summed E-state index contributed by atoms with van der Waals surface area (Å²) in [5, 5.41) is 17.8. The molecular weight excluding hydrogens is 224 g/mol. The second-order valence-electron chi connectivity index (χ2n) is 3.72. The molecule has 0 saturated carbocycles. The third-order valence-electron chi connectivity index (χ3n) is 2.16. The smallest absolute Gasteiger partial charge is 0.306 e. The third kappa shape index (κ3) is 4.32. The van der Waals surface area contributed by atoms with Crippen LogP contribution in [-0.4, -0.2) is 36.0 Å². The Morgan fingerprint density at radius 2 is 2.12 bits per heavy atom. The Labute approximate surface area is 99.6 Å². The van der Waals surface area contributed by atoms with E-state index in [-0.39, 0.29) is 13.0 Å². The molecule has 0 aliphatic rings. The molecule has 0 fully saturated rings. The largest absolute Gasteiger partial charge is 0.493 e. The Kier molecular flexibility index (Phi) is 4.78. The fraction of sp³-hybridized carbons (Fsp3) is 0.417. The maximum atomic E-state index is 10.3. The van der Waals surface area contributed by atoms with Crippen molar-refractivity contribution in [3.8, 4) is 11.5 Å². The number of rotatable bonds is 6. The van der Waals surface area contributed by atoms with E-state index in [4.69, 9.17) is 14.6 Å². The number of aryl methyl sites for hydroxylation is 1. The van der Waals surface area contributed by atoms with E-state index in [1.54, 1.807) is 12.1 Å². The number of hydrogen-bond donors (Lipinski definition) is 2. The highest BCUT2D eigenvalue weighted by Gasteiger charge is 2.12. The van der Waals surface area contributed by atoms with Crippen molar-refractivity contribution in [2.75, 3.05) is 13.7 Å². The van der Waals surface area contributed by atoms with E-state index >= 15 is 0 Å². The van der Waals surface area contributed by atoms with Gasteiger partial charge in [-0.2, -0.15) is 0 Å². The Hall–Kier alpha value is -1.75. The summed E-state index contributed by atoms with van der Waals surface area (Å²) in [5.74, 6) is -0.00738. The lowest BCUT2D eigenvalue weighted by Gasteiger charge is -2.13. The predicted octanol–water partition coefficient (Wildman–Crippen LogP) is 1.22. The molecular formula is C12H16O5. The Bertz CT molecular complexity index is 388. The number of aliphatic hydroxyl groups excluding tert-OH is 1. The van der Waals surface area contributed by atoms with Gasteiger partial charge >= 0.3 is 5.97 Å². The van der Waals surface area contributed by atoms with E-state index < -0.39 is 12.1 Å². The summed E-state index contributed by atoms with van der Waals surface area (Å²) in [6, 6.07) is 5.38. The van der Waals surface area contributed by atoms with E-state index in [9.17, 15) is 9.90 Å². The summed E-state index contributed by atoms with van der Waals surface area (Å²) < 4.78 is 10.4. The van der Waals surface area contributed by atoms with Gasteiger partial charge in [0.15, 0.2) is 11.5 Å². The normalized spacial score (nSPS) is 11.9. The van der Waals surface area contributed by atoms with Crippen LogP contribution < -0.4 is 9.47 Å². The molecule has 0 radical (unpaired) electrons. The summed E-state index contributed by atoms with van der Waals surface area (Å²) >= 11 is 0. The van der Waals surface area contributed by atoms with Gasteiger partial charge in [0.05, 0.1) is 19.6 Å². The molecule has 17 heavy (non-hydrogen) atoms. The van der Waals surface area contributed by atoms with Gasteiger partial charge in [0.1, 0.15) is 6.61 Å². The van der Waals surface area contributed by atoms with Crippen LogP contribution in [0.1, 0.15) is 12.0 Å². The predicted molar refractivity (Wildman–Crippen MR) is 61.5 cm³/mol. The molecule has 94 valence electrons. The molecule has 1 atom stereocenters. The summed E-state index contributed by atoms with van der Waals surface area (Å²) in [6.07, 6.45) is -1.37. The van der Waals surface area contributed by atoms with Crippen LogP contribution in [0.15, 0.2) is 18.2 Å². The summed E-state index contributed by atoms with van der Waals surface area (Å²) in [5.41, 5.74) is 1.03. The number of ether oxygens (including phenoxy) is 2. The minimum atomic E-state index is -1.06. The molecule has 0 aliphatic carbocycles. The van der Waals surface area contributed by atoms with Gasteiger partial charge in [-0.15, -0.1) is 0 Å². The SMILES string of the molecule is COc1cc(C)ccc1OCC(O)CC(=O)O. The molecule has 1 aromatic rings. The van der Waals surface area contributed by atoms with E-state index in [0.717, 1.165) is 5.56 Å². The van der Waals surface area contributed by atoms with E-state index in [1.807, 2.05) is 13.0 Å². The van der Waals surface area contributed by atoms with Gasteiger partial charge in [-0.25, -0.2) is 0 Å². The minimum Gasteiger partial charge on any atom is -0.493 e. The Morgan fingerprint density at radius 1 is 1.41 bits per heavy atom. The first-order valence-electron chi connectivity index (χ1n) is 5.20. The quantitative estimate of drug-likeness (QED) is 0.781. The monoisotopic (exact) mass is 240 g/mol. The number of carbonyl (C=O) groups is 1. The van der Waals surface area contributed by atoms with Crippen LogP contribution in [0.5, 0.6) is 11.5 Å². The highest BCUT2D eigenvalue weighted by atomic mass is 16.5. The van der Waals surface area contributed by atoms with Gasteiger partial charge in [-0.1, -0.05) is 6.07 Å². The average molecular weight is 240 g/mol. The van der Waals surface area contributed by atoms with Crippen LogP contribution >= 0.6 is 0 Å². The fourth-order valence-electron chi connectivity index (χ4n) is 1.34. The molecule has 0 amide bonds. The van der Waals surface area contributed by atoms with Gasteiger partial charge < -0.3 is 19.7 Å². The Balaban J connectivity index is 2.59. The summed E-state index contributed by atoms with van der Waals surface area (Å²) in [7, 11) is 1.52. The average Bonchev–Trinajstić information content (AvgIpc) is 2.26. The highest BCUT2D eigenvalue weighted by Crippen LogP contribution is 2.27. The van der Waals surface area contributed by atoms with Gasteiger partial charge in [-0.05, 0) is 24.6 Å². The van der Waals surface area contributed by atoms with E-state index in [2.05, 4.69) is 0 Å². The second-order valence-corrected chi connectivity index (χ2v) is 3.72. The first kappa shape index (κ1) is 13.3. The minimum absolute atomic E-state index is 0.0777. The molecule has 0 saturated heterocycles. The lowest BCUT2D eigenvalue weighted by atomic mass is 10.2. The third-order valence-corrected chi connectivity index (χ3v) is 2.16. The Morgan fingerprint density at radius 3 is 2.71 bits per heavy atom. The van der Waals surface area contributed by atoms with Gasteiger partial charge in [0.25, 0.3) is 0 Å². The molecule has 2 N–H and O–H groups in total. The molecule has 1 aromatic carbocycles. The lowest BCUT2D eigenvalue weighted by Crippen LogP contribution is -2.21. The fourth-order valence-corrected chi connectivity index (χ4v) is 1.34. The molecule has 0 aliphatic heterocycles. The van der Waals surface area contributed by atoms with Crippen LogP contribution in [0.4, 0.5) is 0 Å². The maximum absolute atomic E-state index is 10.3. The van der Waals surface area contributed by atoms with Crippen molar-refractivity contribution in [1.29, 1.82) is 0 Å². The number of hydrogen-bond acceptors (Lipinski definition) is 4. The van der Waals surface area contributed by atoms with E-state index in [0.29, 0.717) is 11.5 Å². The van der Waals surface area contributed by atoms with Crippen LogP contribution in [0.3, 0.4) is 0 Å². The molecule has 0 bridgehead atoms. The number of methoxy groups -OCH3 is 1. The molecule has 1 rings (SSSR count). The van der Waals surface area contributed by atoms with Crippen molar-refractivity contribution in [3.05, 3.63) is 23.8 Å². The van der Waals surface area contributed by atoms with Crippen molar-refractivity contribution in [3.63, 3.8) is 0 Å². The van der Waals surface area contributed by atoms with Gasteiger partial charge in [0.2, 0.25) is 0 Å². The number of benzene rings is 1. The molecule has 0 aromatic heterocycles. The van der Waals surface area contributed by atoms with Gasteiger partial charge in [-0.3, -0.25) is 4.79 Å². The van der Waals surface area contributed by atoms with Crippen LogP contribution in [0.2, 0.25) is 0 Å². The van der Waals surface area contributed by atoms with Crippen molar-refractivity contribution in [1.82, 2.24) is 0 Å². The van der Waals surface area contributed by atoms with Crippen LogP contribution in [0.25, 0.3) is 0 Å². The lowest BCUT2D eigenvalue weighted by molar-refractivity contribution is -0.139. The molecule has 1 unspecified atom stereocenters. The molecule has 0 heterocycles. The number of carboxylic acid groups (broad SMARTS) is 1. The molecule has 5 heteroatoms. The van der Waals surface area contributed by atoms with Crippen molar-refractivity contribution in [2.45, 2.75) is 19.4 Å². The highest BCUT2D eigenvalue weighted by molar-refractivity contribution is 5.67. The zero-order chi connectivity index (χ0) is 12.8. The standard InChI is InChI=1S/C12H16O5/c1-8-3-4-10(11(5-8)16-2)17-7-9(13)6-12(14)15/h3-5,9,13H,6-7H2,1-2H3,(H,14,15). The zero-order valence-corrected chi connectivity index (χ0v) is 9.84. The summed E-state index contributed by atoms with van der Waals surface area (Å²) in [6.45, 7) is 1.84. The first-order valence-corrected chi connectivity index (χ1v) is 5.20. The van der Waals surface area contributed by atoms with Crippen molar-refractivity contribution < 1.29 is 24.5 Å². The molecule has 0 spiro atoms. The second kappa shape index (κ2) is 6.10. The number of aliphatic hydroxyl groups is 1.